The summed E-state index contributed by atoms with van der Waals surface area (Å²) in [7, 11) is 0. The molecule has 0 radical (unpaired) electrons. The van der Waals surface area contributed by atoms with E-state index in [4.69, 9.17) is 11.6 Å². The second-order valence-electron chi connectivity index (χ2n) is 4.94. The van der Waals surface area contributed by atoms with Crippen molar-refractivity contribution in [3.63, 3.8) is 0 Å². The minimum absolute atomic E-state index is 0.716. The predicted octanol–water partition coefficient (Wildman–Crippen LogP) is 4.45. The second kappa shape index (κ2) is 6.02. The highest BCUT2D eigenvalue weighted by atomic mass is 35.5. The van der Waals surface area contributed by atoms with Gasteiger partial charge in [0, 0.05) is 29.0 Å². The summed E-state index contributed by atoms with van der Waals surface area (Å²) in [5.41, 5.74) is 4.41. The number of anilines is 1. The van der Waals surface area contributed by atoms with Crippen molar-refractivity contribution in [3.8, 4) is 5.69 Å². The van der Waals surface area contributed by atoms with Gasteiger partial charge in [-0.1, -0.05) is 35.9 Å². The maximum atomic E-state index is 6.03. The molecule has 4 heteroatoms. The molecule has 0 spiro atoms. The van der Waals surface area contributed by atoms with Crippen LogP contribution in [0.25, 0.3) is 5.69 Å². The lowest BCUT2D eigenvalue weighted by Gasteiger charge is -2.08. The lowest BCUT2D eigenvalue weighted by Crippen LogP contribution is -2.00. The van der Waals surface area contributed by atoms with E-state index in [0.717, 1.165) is 22.0 Å². The number of nitrogens with zero attached hydrogens (tertiary/aromatic N) is 2. The van der Waals surface area contributed by atoms with Crippen LogP contribution in [-0.4, -0.2) is 9.78 Å². The van der Waals surface area contributed by atoms with E-state index in [2.05, 4.69) is 17.3 Å². The number of benzene rings is 2. The highest BCUT2D eigenvalue weighted by Gasteiger charge is 2.03. The number of halogens is 1. The van der Waals surface area contributed by atoms with Crippen molar-refractivity contribution >= 4 is 17.3 Å². The molecule has 0 fully saturated rings. The number of aryl methyl sites for hydroxylation is 1. The van der Waals surface area contributed by atoms with Crippen LogP contribution in [0.1, 0.15) is 11.1 Å². The van der Waals surface area contributed by atoms with Crippen molar-refractivity contribution in [2.75, 3.05) is 5.32 Å². The molecule has 0 aliphatic carbocycles. The fourth-order valence-electron chi connectivity index (χ4n) is 2.16. The summed E-state index contributed by atoms with van der Waals surface area (Å²) in [5, 5.41) is 8.53. The number of nitrogens with one attached hydrogen (secondary N) is 1. The molecule has 0 unspecified atom stereocenters. The fourth-order valence-corrected chi connectivity index (χ4v) is 2.33. The Morgan fingerprint density at radius 2 is 1.95 bits per heavy atom. The van der Waals surface area contributed by atoms with Gasteiger partial charge in [-0.05, 0) is 36.8 Å². The second-order valence-corrected chi connectivity index (χ2v) is 5.38. The van der Waals surface area contributed by atoms with E-state index in [1.807, 2.05) is 65.6 Å². The minimum atomic E-state index is 0.716. The molecule has 1 N–H and O–H groups in total. The average molecular weight is 298 g/mol. The summed E-state index contributed by atoms with van der Waals surface area (Å²) in [4.78, 5) is 0. The van der Waals surface area contributed by atoms with Gasteiger partial charge in [-0.25, -0.2) is 4.68 Å². The summed E-state index contributed by atoms with van der Waals surface area (Å²) >= 11 is 6.03. The van der Waals surface area contributed by atoms with Crippen LogP contribution in [-0.2, 0) is 6.54 Å². The van der Waals surface area contributed by atoms with E-state index in [-0.39, 0.29) is 0 Å². The molecule has 3 nitrogen and oxygen atoms in total. The Morgan fingerprint density at radius 1 is 1.14 bits per heavy atom. The number of para-hydroxylation sites is 1. The van der Waals surface area contributed by atoms with Crippen molar-refractivity contribution in [1.82, 2.24) is 9.78 Å². The first-order valence-corrected chi connectivity index (χ1v) is 7.19. The molecule has 2 aromatic carbocycles. The SMILES string of the molecule is Cc1ccc(Cl)cc1NCc1cnn(-c2ccccc2)c1. The van der Waals surface area contributed by atoms with Crippen molar-refractivity contribution in [2.24, 2.45) is 0 Å². The monoisotopic (exact) mass is 297 g/mol. The molecule has 21 heavy (non-hydrogen) atoms. The molecule has 0 saturated carbocycles. The van der Waals surface area contributed by atoms with Crippen LogP contribution in [0, 0.1) is 6.92 Å². The van der Waals surface area contributed by atoms with Gasteiger partial charge in [0.25, 0.3) is 0 Å². The van der Waals surface area contributed by atoms with E-state index in [0.29, 0.717) is 6.54 Å². The summed E-state index contributed by atoms with van der Waals surface area (Å²) in [6.45, 7) is 2.78. The Labute approximate surface area is 129 Å². The first-order valence-electron chi connectivity index (χ1n) is 6.81. The molecule has 0 amide bonds. The normalized spacial score (nSPS) is 10.6. The quantitative estimate of drug-likeness (QED) is 0.771. The molecule has 0 saturated heterocycles. The van der Waals surface area contributed by atoms with Crippen LogP contribution in [0.5, 0.6) is 0 Å². The van der Waals surface area contributed by atoms with Crippen LogP contribution in [0.2, 0.25) is 5.02 Å². The van der Waals surface area contributed by atoms with Gasteiger partial charge in [0.1, 0.15) is 0 Å². The van der Waals surface area contributed by atoms with Crippen molar-refractivity contribution < 1.29 is 0 Å². The molecule has 1 heterocycles. The third-order valence-electron chi connectivity index (χ3n) is 3.34. The highest BCUT2D eigenvalue weighted by molar-refractivity contribution is 6.30. The van der Waals surface area contributed by atoms with E-state index >= 15 is 0 Å². The summed E-state index contributed by atoms with van der Waals surface area (Å²) in [6, 6.07) is 15.9. The highest BCUT2D eigenvalue weighted by Crippen LogP contribution is 2.21. The zero-order valence-electron chi connectivity index (χ0n) is 11.8. The van der Waals surface area contributed by atoms with Gasteiger partial charge in [0.2, 0.25) is 0 Å². The standard InChI is InChI=1S/C17H16ClN3/c1-13-7-8-15(18)9-17(13)19-10-14-11-20-21(12-14)16-5-3-2-4-6-16/h2-9,11-12,19H,10H2,1H3. The third-order valence-corrected chi connectivity index (χ3v) is 3.57. The zero-order chi connectivity index (χ0) is 14.7. The van der Waals surface area contributed by atoms with E-state index < -0.39 is 0 Å². The molecule has 1 aromatic heterocycles. The number of hydrogen-bond acceptors (Lipinski definition) is 2. The van der Waals surface area contributed by atoms with Crippen molar-refractivity contribution in [2.45, 2.75) is 13.5 Å². The van der Waals surface area contributed by atoms with Crippen LogP contribution in [0.4, 0.5) is 5.69 Å². The number of aromatic nitrogens is 2. The van der Waals surface area contributed by atoms with Gasteiger partial charge in [0.15, 0.2) is 0 Å². The third kappa shape index (κ3) is 3.26. The van der Waals surface area contributed by atoms with Crippen LogP contribution >= 0.6 is 11.6 Å². The summed E-state index contributed by atoms with van der Waals surface area (Å²) in [5.74, 6) is 0. The van der Waals surface area contributed by atoms with Gasteiger partial charge in [-0.2, -0.15) is 5.10 Å². The van der Waals surface area contributed by atoms with Gasteiger partial charge >= 0.3 is 0 Å². The summed E-state index contributed by atoms with van der Waals surface area (Å²) in [6.07, 6.45) is 3.90. The Balaban J connectivity index is 1.72. The topological polar surface area (TPSA) is 29.9 Å². The lowest BCUT2D eigenvalue weighted by molar-refractivity contribution is 0.880. The van der Waals surface area contributed by atoms with Gasteiger partial charge in [-0.3, -0.25) is 0 Å². The Hall–Kier alpha value is -2.26. The number of hydrogen-bond donors (Lipinski definition) is 1. The smallest absolute Gasteiger partial charge is 0.0645 e. The van der Waals surface area contributed by atoms with Crippen LogP contribution in [0.15, 0.2) is 60.9 Å². The molecule has 0 aliphatic heterocycles. The maximum absolute atomic E-state index is 6.03. The average Bonchev–Trinajstić information content (AvgIpc) is 2.98. The van der Waals surface area contributed by atoms with E-state index in [1.165, 1.54) is 5.56 Å². The first kappa shape index (κ1) is 13.7. The Bertz CT molecular complexity index is 735. The molecule has 0 bridgehead atoms. The van der Waals surface area contributed by atoms with Crippen molar-refractivity contribution in [1.29, 1.82) is 0 Å². The Kier molecular flexibility index (Phi) is 3.93. The van der Waals surface area contributed by atoms with Crippen molar-refractivity contribution in [3.05, 3.63) is 77.1 Å². The molecular formula is C17H16ClN3. The number of rotatable bonds is 4. The largest absolute Gasteiger partial charge is 0.381 e. The van der Waals surface area contributed by atoms with Gasteiger partial charge < -0.3 is 5.32 Å². The van der Waals surface area contributed by atoms with E-state index in [1.54, 1.807) is 0 Å². The Morgan fingerprint density at radius 3 is 2.76 bits per heavy atom. The van der Waals surface area contributed by atoms with Gasteiger partial charge in [-0.15, -0.1) is 0 Å². The summed E-state index contributed by atoms with van der Waals surface area (Å²) < 4.78 is 1.88. The zero-order valence-corrected chi connectivity index (χ0v) is 12.5. The molecule has 106 valence electrons. The molecule has 3 aromatic rings. The van der Waals surface area contributed by atoms with Crippen LogP contribution in [0.3, 0.4) is 0 Å². The van der Waals surface area contributed by atoms with Gasteiger partial charge in [0.05, 0.1) is 11.9 Å². The molecule has 0 atom stereocenters. The minimum Gasteiger partial charge on any atom is -0.381 e. The predicted molar refractivity (Wildman–Crippen MR) is 87.1 cm³/mol. The van der Waals surface area contributed by atoms with Crippen LogP contribution < -0.4 is 5.32 Å². The first-order chi connectivity index (χ1) is 10.2. The lowest BCUT2D eigenvalue weighted by atomic mass is 10.2. The molecule has 0 aliphatic rings. The fraction of sp³-hybridized carbons (Fsp3) is 0.118. The maximum Gasteiger partial charge on any atom is 0.0645 e. The molecular weight excluding hydrogens is 282 g/mol. The molecule has 3 rings (SSSR count). The van der Waals surface area contributed by atoms with E-state index in [9.17, 15) is 0 Å².